The second-order valence-electron chi connectivity index (χ2n) is 4.80. The third-order valence-electron chi connectivity index (χ3n) is 1.97. The van der Waals surface area contributed by atoms with Crippen LogP contribution in [-0.4, -0.2) is 13.2 Å². The molecule has 1 aromatic carbocycles. The molecule has 1 nitrogen and oxygen atoms in total. The van der Waals surface area contributed by atoms with Gasteiger partial charge in [0.1, 0.15) is 8.07 Å². The van der Waals surface area contributed by atoms with Crippen LogP contribution in [0.25, 0.3) is 0 Å². The number of benzene rings is 1. The normalized spacial score (nSPS) is 12.9. The Kier molecular flexibility index (Phi) is 3.73. The van der Waals surface area contributed by atoms with E-state index in [0.717, 1.165) is 11.1 Å². The van der Waals surface area contributed by atoms with Crippen molar-refractivity contribution in [1.82, 2.24) is 0 Å². The second-order valence-corrected chi connectivity index (χ2v) is 9.55. The molecular formula is C13H18OSi. The van der Waals surface area contributed by atoms with Gasteiger partial charge in [0.05, 0.1) is 6.10 Å². The molecule has 0 radical (unpaired) electrons. The monoisotopic (exact) mass is 218 g/mol. The summed E-state index contributed by atoms with van der Waals surface area (Å²) in [5.74, 6) is 3.18. The Balaban J connectivity index is 2.85. The van der Waals surface area contributed by atoms with Gasteiger partial charge in [-0.25, -0.2) is 0 Å². The molecule has 0 aliphatic carbocycles. The van der Waals surface area contributed by atoms with Crippen molar-refractivity contribution in [3.8, 4) is 11.5 Å². The minimum absolute atomic E-state index is 0.399. The smallest absolute Gasteiger partial charge is 0.129 e. The van der Waals surface area contributed by atoms with Gasteiger partial charge in [0.2, 0.25) is 0 Å². The Morgan fingerprint density at radius 1 is 1.13 bits per heavy atom. The van der Waals surface area contributed by atoms with E-state index in [4.69, 9.17) is 0 Å². The van der Waals surface area contributed by atoms with Gasteiger partial charge >= 0.3 is 0 Å². The van der Waals surface area contributed by atoms with E-state index in [0.29, 0.717) is 0 Å². The molecule has 0 saturated carbocycles. The molecule has 0 heterocycles. The van der Waals surface area contributed by atoms with Crippen molar-refractivity contribution in [2.45, 2.75) is 32.7 Å². The molecule has 2 heteroatoms. The van der Waals surface area contributed by atoms with Crippen LogP contribution in [0, 0.1) is 11.5 Å². The summed E-state index contributed by atoms with van der Waals surface area (Å²) in [6.45, 7) is 8.45. The molecule has 0 amide bonds. The number of hydrogen-bond acceptors (Lipinski definition) is 1. The zero-order valence-corrected chi connectivity index (χ0v) is 10.8. The van der Waals surface area contributed by atoms with Gasteiger partial charge in [-0.1, -0.05) is 37.7 Å². The van der Waals surface area contributed by atoms with E-state index < -0.39 is 14.2 Å². The minimum Gasteiger partial charge on any atom is -0.389 e. The molecule has 0 spiro atoms. The topological polar surface area (TPSA) is 20.2 Å². The molecular weight excluding hydrogens is 200 g/mol. The molecule has 0 saturated heterocycles. The van der Waals surface area contributed by atoms with E-state index in [1.165, 1.54) is 0 Å². The summed E-state index contributed by atoms with van der Waals surface area (Å²) in [6.07, 6.45) is -0.399. The first-order valence-corrected chi connectivity index (χ1v) is 8.70. The molecule has 0 aromatic heterocycles. The molecule has 1 atom stereocenters. The van der Waals surface area contributed by atoms with E-state index >= 15 is 0 Å². The van der Waals surface area contributed by atoms with Crippen LogP contribution in [0.4, 0.5) is 0 Å². The number of rotatable bonds is 1. The van der Waals surface area contributed by atoms with Crippen molar-refractivity contribution in [1.29, 1.82) is 0 Å². The minimum atomic E-state index is -1.29. The van der Waals surface area contributed by atoms with Crippen LogP contribution in [0.1, 0.15) is 24.2 Å². The molecule has 0 aliphatic heterocycles. The lowest BCUT2D eigenvalue weighted by Crippen LogP contribution is -2.16. The lowest BCUT2D eigenvalue weighted by atomic mass is 10.1. The molecule has 0 bridgehead atoms. The summed E-state index contributed by atoms with van der Waals surface area (Å²) >= 11 is 0. The quantitative estimate of drug-likeness (QED) is 0.567. The van der Waals surface area contributed by atoms with Crippen molar-refractivity contribution < 1.29 is 5.11 Å². The summed E-state index contributed by atoms with van der Waals surface area (Å²) in [5.41, 5.74) is 5.28. The van der Waals surface area contributed by atoms with Crippen LogP contribution in [0.2, 0.25) is 19.6 Å². The Labute approximate surface area is 93.2 Å². The molecule has 1 N–H and O–H groups in total. The third kappa shape index (κ3) is 4.33. The molecule has 80 valence electrons. The number of aliphatic hydroxyl groups is 1. The third-order valence-corrected chi connectivity index (χ3v) is 2.85. The number of aliphatic hydroxyl groups excluding tert-OH is 1. The number of hydrogen-bond donors (Lipinski definition) is 1. The summed E-state index contributed by atoms with van der Waals surface area (Å²) in [7, 11) is -1.29. The van der Waals surface area contributed by atoms with Crippen LogP contribution < -0.4 is 0 Å². The van der Waals surface area contributed by atoms with E-state index in [-0.39, 0.29) is 0 Å². The van der Waals surface area contributed by atoms with Gasteiger partial charge < -0.3 is 5.11 Å². The van der Waals surface area contributed by atoms with E-state index in [1.807, 2.05) is 24.3 Å². The molecule has 15 heavy (non-hydrogen) atoms. The van der Waals surface area contributed by atoms with Crippen LogP contribution in [0.3, 0.4) is 0 Å². The predicted molar refractivity (Wildman–Crippen MR) is 67.3 cm³/mol. The molecule has 1 aromatic rings. The van der Waals surface area contributed by atoms with Gasteiger partial charge in [-0.2, -0.15) is 0 Å². The standard InChI is InChI=1S/C13H18OSi/c1-11(14)13-7-5-12(6-8-13)9-10-15(2,3)4/h5-8,11,14H,1-4H3/t11-/m1/s1. The Morgan fingerprint density at radius 3 is 2.07 bits per heavy atom. The van der Waals surface area contributed by atoms with Gasteiger partial charge in [0.25, 0.3) is 0 Å². The van der Waals surface area contributed by atoms with Gasteiger partial charge in [0.15, 0.2) is 0 Å². The highest BCUT2D eigenvalue weighted by molar-refractivity contribution is 6.83. The Morgan fingerprint density at radius 2 is 1.67 bits per heavy atom. The summed E-state index contributed by atoms with van der Waals surface area (Å²) < 4.78 is 0. The van der Waals surface area contributed by atoms with Crippen molar-refractivity contribution >= 4 is 8.07 Å². The Hall–Kier alpha value is -1.04. The molecule has 0 aliphatic rings. The fourth-order valence-corrected chi connectivity index (χ4v) is 1.62. The van der Waals surface area contributed by atoms with Gasteiger partial charge in [-0.15, -0.1) is 5.54 Å². The largest absolute Gasteiger partial charge is 0.389 e. The van der Waals surface area contributed by atoms with Crippen molar-refractivity contribution in [3.05, 3.63) is 35.4 Å². The van der Waals surface area contributed by atoms with Crippen molar-refractivity contribution in [2.24, 2.45) is 0 Å². The maximum absolute atomic E-state index is 9.34. The lowest BCUT2D eigenvalue weighted by Gasteiger charge is -2.05. The van der Waals surface area contributed by atoms with Gasteiger partial charge in [-0.3, -0.25) is 0 Å². The first kappa shape index (κ1) is 12.0. The lowest BCUT2D eigenvalue weighted by molar-refractivity contribution is 0.199. The predicted octanol–water partition coefficient (Wildman–Crippen LogP) is 2.97. The highest BCUT2D eigenvalue weighted by Crippen LogP contribution is 2.12. The Bertz CT molecular complexity index is 374. The van der Waals surface area contributed by atoms with Crippen LogP contribution >= 0.6 is 0 Å². The van der Waals surface area contributed by atoms with Crippen LogP contribution in [0.15, 0.2) is 24.3 Å². The fourth-order valence-electron chi connectivity index (χ4n) is 1.10. The average Bonchev–Trinajstić information content (AvgIpc) is 2.14. The average molecular weight is 218 g/mol. The van der Waals surface area contributed by atoms with E-state index in [1.54, 1.807) is 6.92 Å². The van der Waals surface area contributed by atoms with Crippen molar-refractivity contribution in [2.75, 3.05) is 0 Å². The summed E-state index contributed by atoms with van der Waals surface area (Å²) in [4.78, 5) is 0. The van der Waals surface area contributed by atoms with E-state index in [2.05, 4.69) is 31.1 Å². The maximum Gasteiger partial charge on any atom is 0.129 e. The summed E-state index contributed by atoms with van der Waals surface area (Å²) in [6, 6.07) is 7.79. The molecule has 0 fully saturated rings. The zero-order chi connectivity index (χ0) is 11.5. The van der Waals surface area contributed by atoms with Crippen LogP contribution in [-0.2, 0) is 0 Å². The SMILES string of the molecule is C[C@@H](O)c1ccc(C#C[Si](C)(C)C)cc1. The first-order chi connectivity index (χ1) is 6.88. The molecule has 0 unspecified atom stereocenters. The second kappa shape index (κ2) is 4.65. The maximum atomic E-state index is 9.34. The van der Waals surface area contributed by atoms with Crippen molar-refractivity contribution in [3.63, 3.8) is 0 Å². The fraction of sp³-hybridized carbons (Fsp3) is 0.385. The highest BCUT2D eigenvalue weighted by atomic mass is 28.3. The van der Waals surface area contributed by atoms with E-state index in [9.17, 15) is 5.11 Å². The highest BCUT2D eigenvalue weighted by Gasteiger charge is 2.07. The molecule has 1 rings (SSSR count). The van der Waals surface area contributed by atoms with Crippen LogP contribution in [0.5, 0.6) is 0 Å². The van der Waals surface area contributed by atoms with Gasteiger partial charge in [-0.05, 0) is 24.6 Å². The summed E-state index contributed by atoms with van der Waals surface area (Å²) in [5, 5.41) is 9.34. The first-order valence-electron chi connectivity index (χ1n) is 5.20. The van der Waals surface area contributed by atoms with Gasteiger partial charge in [0, 0.05) is 5.56 Å². The zero-order valence-electron chi connectivity index (χ0n) is 9.83.